The molecule has 58 valence electrons. The summed E-state index contributed by atoms with van der Waals surface area (Å²) in [5.74, 6) is 0. The van der Waals surface area contributed by atoms with Gasteiger partial charge in [-0.05, 0) is 0 Å². The van der Waals surface area contributed by atoms with E-state index in [1.165, 1.54) is 0 Å². The van der Waals surface area contributed by atoms with Crippen LogP contribution in [0.5, 0.6) is 0 Å². The van der Waals surface area contributed by atoms with Crippen LogP contribution in [-0.4, -0.2) is 25.4 Å². The van der Waals surface area contributed by atoms with Crippen molar-refractivity contribution in [3.05, 3.63) is 0 Å². The van der Waals surface area contributed by atoms with Crippen LogP contribution >= 0.6 is 0 Å². The van der Waals surface area contributed by atoms with Crippen LogP contribution in [0.4, 0.5) is 22.0 Å². The smallest absolute Gasteiger partial charge is 1.00 e. The van der Waals surface area contributed by atoms with Crippen LogP contribution in [0.15, 0.2) is 0 Å². The normalized spacial score (nSPS) is 16.2. The minimum atomic E-state index is -3.43. The summed E-state index contributed by atoms with van der Waals surface area (Å²) in [6.45, 7) is -1.70. The first kappa shape index (κ1) is 12.9. The van der Waals surface area contributed by atoms with Gasteiger partial charge in [0.2, 0.25) is 0 Å². The average Bonchev–Trinajstić information content (AvgIpc) is 1.84. The minimum Gasteiger partial charge on any atom is -1.00 e. The van der Waals surface area contributed by atoms with Crippen LogP contribution in [0.3, 0.4) is 0 Å². The Morgan fingerprint density at radius 3 is 1.60 bits per heavy atom. The Labute approximate surface area is 68.4 Å². The van der Waals surface area contributed by atoms with E-state index in [4.69, 9.17) is 0 Å². The van der Waals surface area contributed by atoms with Crippen molar-refractivity contribution in [2.45, 2.75) is 18.8 Å². The fourth-order valence-corrected chi connectivity index (χ4v) is 0.243. The van der Waals surface area contributed by atoms with Gasteiger partial charge in [0.1, 0.15) is 6.67 Å². The molecule has 0 aromatic rings. The molecule has 0 fully saturated rings. The first-order chi connectivity index (χ1) is 4.09. The Kier molecular flexibility index (Phi) is 7.72. The Bertz CT molecular complexity index is 82.9. The van der Waals surface area contributed by atoms with Crippen LogP contribution in [0.25, 0.3) is 0 Å². The molecule has 2 unspecified atom stereocenters. The summed E-state index contributed by atoms with van der Waals surface area (Å²) in [7, 11) is 0. The Balaban J connectivity index is -0.000000320. The summed E-state index contributed by atoms with van der Waals surface area (Å²) in [5, 5.41) is 0. The van der Waals surface area contributed by atoms with Gasteiger partial charge in [-0.25, -0.2) is 22.0 Å². The van der Waals surface area contributed by atoms with E-state index in [1.807, 2.05) is 0 Å². The number of rotatable bonds is 3. The molecule has 0 aliphatic carbocycles. The fourth-order valence-electron chi connectivity index (χ4n) is 0.243. The summed E-state index contributed by atoms with van der Waals surface area (Å²) < 4.78 is 56.3. The molecule has 0 aromatic carbocycles. The summed E-state index contributed by atoms with van der Waals surface area (Å²) in [6.07, 6.45) is -9.12. The van der Waals surface area contributed by atoms with Crippen molar-refractivity contribution >= 4 is 0 Å². The maximum Gasteiger partial charge on any atom is 1.00 e. The molecular weight excluding hydrogens is 150 g/mol. The van der Waals surface area contributed by atoms with Crippen molar-refractivity contribution in [1.82, 2.24) is 0 Å². The van der Waals surface area contributed by atoms with E-state index in [0.717, 1.165) is 0 Å². The first-order valence-corrected chi connectivity index (χ1v) is 2.22. The molecule has 0 N–H and O–H groups in total. The number of hydrogen-bond acceptors (Lipinski definition) is 0. The van der Waals surface area contributed by atoms with Crippen molar-refractivity contribution in [1.29, 1.82) is 0 Å². The van der Waals surface area contributed by atoms with Crippen molar-refractivity contribution < 1.29 is 42.2 Å². The van der Waals surface area contributed by atoms with Crippen molar-refractivity contribution in [2.24, 2.45) is 0 Å². The van der Waals surface area contributed by atoms with Crippen molar-refractivity contribution in [3.8, 4) is 0 Å². The zero-order valence-corrected chi connectivity index (χ0v) is 5.33. The van der Waals surface area contributed by atoms with E-state index in [-0.39, 0.29) is 20.3 Å². The van der Waals surface area contributed by atoms with Gasteiger partial charge in [-0.15, -0.1) is 0 Å². The third-order valence-corrected chi connectivity index (χ3v) is 0.734. The van der Waals surface area contributed by atoms with Gasteiger partial charge in [0.15, 0.2) is 12.3 Å². The van der Waals surface area contributed by atoms with Crippen molar-refractivity contribution in [3.63, 3.8) is 0 Å². The third kappa shape index (κ3) is 4.13. The predicted octanol–water partition coefficient (Wildman–Crippen LogP) is -0.986. The molecule has 0 aromatic heterocycles. The second-order valence-corrected chi connectivity index (χ2v) is 1.45. The SMILES string of the molecule is FCC(F)C(F)C(F)F.[H-].[Li+]. The standard InChI is InChI=1S/C4H5F5.Li.H/c5-1-2(6)3(7)4(8)9;;/h2-4H,1H2;;/q;+1;-1. The third-order valence-electron chi connectivity index (χ3n) is 0.734. The monoisotopic (exact) mass is 156 g/mol. The minimum absolute atomic E-state index is 0. The van der Waals surface area contributed by atoms with Gasteiger partial charge in [0.05, 0.1) is 0 Å². The Morgan fingerprint density at radius 2 is 1.50 bits per heavy atom. The van der Waals surface area contributed by atoms with E-state index in [9.17, 15) is 22.0 Å². The quantitative estimate of drug-likeness (QED) is 0.363. The van der Waals surface area contributed by atoms with E-state index in [2.05, 4.69) is 0 Å². The molecule has 0 bridgehead atoms. The number of halogens is 5. The summed E-state index contributed by atoms with van der Waals surface area (Å²) in [4.78, 5) is 0. The summed E-state index contributed by atoms with van der Waals surface area (Å²) >= 11 is 0. The Hall–Kier alpha value is 0.247. The first-order valence-electron chi connectivity index (χ1n) is 2.22. The molecule has 2 atom stereocenters. The zero-order valence-electron chi connectivity index (χ0n) is 6.33. The molecule has 0 aliphatic rings. The molecule has 0 heterocycles. The summed E-state index contributed by atoms with van der Waals surface area (Å²) in [5.41, 5.74) is 0. The van der Waals surface area contributed by atoms with E-state index >= 15 is 0 Å². The van der Waals surface area contributed by atoms with Gasteiger partial charge in [-0.1, -0.05) is 0 Å². The van der Waals surface area contributed by atoms with Gasteiger partial charge >= 0.3 is 18.9 Å². The topological polar surface area (TPSA) is 0 Å². The van der Waals surface area contributed by atoms with Gasteiger partial charge < -0.3 is 1.43 Å². The average molecular weight is 156 g/mol. The second kappa shape index (κ2) is 5.99. The maximum absolute atomic E-state index is 11.6. The molecule has 0 radical (unpaired) electrons. The van der Waals surface area contributed by atoms with Gasteiger partial charge in [0.25, 0.3) is 6.43 Å². The molecular formula is C4H6F5Li. The molecule has 0 saturated heterocycles. The zero-order chi connectivity index (χ0) is 7.44. The predicted molar refractivity (Wildman–Crippen MR) is 22.9 cm³/mol. The molecule has 0 spiro atoms. The van der Waals surface area contributed by atoms with Crippen LogP contribution in [0.2, 0.25) is 0 Å². The van der Waals surface area contributed by atoms with Crippen LogP contribution < -0.4 is 18.9 Å². The van der Waals surface area contributed by atoms with E-state index in [1.54, 1.807) is 0 Å². The molecule has 10 heavy (non-hydrogen) atoms. The van der Waals surface area contributed by atoms with E-state index < -0.39 is 25.4 Å². The molecule has 0 saturated carbocycles. The number of alkyl halides is 5. The van der Waals surface area contributed by atoms with Gasteiger partial charge in [-0.2, -0.15) is 0 Å². The van der Waals surface area contributed by atoms with Crippen LogP contribution in [-0.2, 0) is 0 Å². The van der Waals surface area contributed by atoms with Gasteiger partial charge in [-0.3, -0.25) is 0 Å². The molecule has 0 amide bonds. The number of hydrogen-bond donors (Lipinski definition) is 0. The maximum atomic E-state index is 11.6. The molecule has 0 aliphatic heterocycles. The summed E-state index contributed by atoms with van der Waals surface area (Å²) in [6, 6.07) is 0. The van der Waals surface area contributed by atoms with Gasteiger partial charge in [0, 0.05) is 0 Å². The van der Waals surface area contributed by atoms with Crippen LogP contribution in [0, 0.1) is 0 Å². The van der Waals surface area contributed by atoms with Crippen molar-refractivity contribution in [2.75, 3.05) is 6.67 Å². The van der Waals surface area contributed by atoms with Crippen LogP contribution in [0.1, 0.15) is 1.43 Å². The molecule has 0 rings (SSSR count). The second-order valence-electron chi connectivity index (χ2n) is 1.45. The molecule has 0 nitrogen and oxygen atoms in total. The largest absolute Gasteiger partial charge is 1.00 e. The fraction of sp³-hybridized carbons (Fsp3) is 1.00. The Morgan fingerprint density at radius 1 is 1.10 bits per heavy atom. The van der Waals surface area contributed by atoms with E-state index in [0.29, 0.717) is 0 Å². The molecule has 6 heteroatoms.